The smallest absolute Gasteiger partial charge is 0.268 e. The number of nitrogens with one attached hydrogen (secondary N) is 1. The van der Waals surface area contributed by atoms with Crippen molar-refractivity contribution in [2.24, 2.45) is 0 Å². The van der Waals surface area contributed by atoms with Gasteiger partial charge in [0.1, 0.15) is 0 Å². The van der Waals surface area contributed by atoms with Crippen molar-refractivity contribution in [3.05, 3.63) is 185 Å². The number of anilines is 4. The monoisotopic (exact) mass is 701 g/mol. The summed E-state index contributed by atoms with van der Waals surface area (Å²) in [5.41, 5.74) is 9.12. The minimum atomic E-state index is -0.540. The van der Waals surface area contributed by atoms with Crippen LogP contribution in [0.5, 0.6) is 0 Å². The summed E-state index contributed by atoms with van der Waals surface area (Å²) in [5, 5.41) is 4.08. The second-order valence-corrected chi connectivity index (χ2v) is 13.9. The van der Waals surface area contributed by atoms with Gasteiger partial charge in [0.05, 0.1) is 28.2 Å². The van der Waals surface area contributed by atoms with Crippen LogP contribution in [-0.4, -0.2) is 23.6 Å². The molecule has 2 heterocycles. The molecule has 0 spiro atoms. The van der Waals surface area contributed by atoms with E-state index in [0.29, 0.717) is 33.5 Å². The van der Waals surface area contributed by atoms with E-state index in [2.05, 4.69) is 29.6 Å². The summed E-state index contributed by atoms with van der Waals surface area (Å²) in [6, 6.07) is 27.6. The average molecular weight is 702 g/mol. The Kier molecular flexibility index (Phi) is 7.17. The highest BCUT2D eigenvalue weighted by Crippen LogP contribution is 2.45. The van der Waals surface area contributed by atoms with E-state index in [0.717, 1.165) is 52.7 Å². The van der Waals surface area contributed by atoms with Crippen LogP contribution in [0.1, 0.15) is 77.4 Å². The zero-order valence-electron chi connectivity index (χ0n) is 29.0. The number of carbonyl (C=O) groups excluding carboxylic acids is 4. The summed E-state index contributed by atoms with van der Waals surface area (Å²) >= 11 is 0. The average Bonchev–Trinajstić information content (AvgIpc) is 4.02. The van der Waals surface area contributed by atoms with Gasteiger partial charge in [0, 0.05) is 27.6 Å². The first-order chi connectivity index (χ1) is 26.4. The maximum Gasteiger partial charge on any atom is 0.268 e. The number of imide groups is 2. The molecule has 54 heavy (non-hydrogen) atoms. The number of allylic oxidation sites excluding steroid dienone is 12. The van der Waals surface area contributed by atoms with Gasteiger partial charge in [0.15, 0.2) is 0 Å². The van der Waals surface area contributed by atoms with Crippen LogP contribution in [0.15, 0.2) is 146 Å². The Bertz CT molecular complexity index is 2760. The van der Waals surface area contributed by atoms with Crippen molar-refractivity contribution in [1.29, 1.82) is 0 Å². The van der Waals surface area contributed by atoms with E-state index in [4.69, 9.17) is 0 Å². The number of hydrogen-bond acceptors (Lipinski definition) is 5. The molecule has 0 bridgehead atoms. The Hall–Kier alpha value is -7.12. The first kappa shape index (κ1) is 31.6. The molecule has 4 amide bonds. The van der Waals surface area contributed by atoms with E-state index in [1.807, 2.05) is 91.0 Å². The largest absolute Gasteiger partial charge is 0.355 e. The molecule has 0 saturated carbocycles. The van der Waals surface area contributed by atoms with Crippen molar-refractivity contribution in [1.82, 2.24) is 0 Å². The molecule has 5 aromatic rings. The van der Waals surface area contributed by atoms with Gasteiger partial charge in [-0.2, -0.15) is 0 Å². The molecule has 0 radical (unpaired) electrons. The minimum absolute atomic E-state index is 0.223. The lowest BCUT2D eigenvalue weighted by molar-refractivity contribution is 0.0873. The van der Waals surface area contributed by atoms with Gasteiger partial charge < -0.3 is 5.32 Å². The van der Waals surface area contributed by atoms with Gasteiger partial charge in [-0.15, -0.1) is 0 Å². The first-order valence-corrected chi connectivity index (χ1v) is 18.0. The molecule has 0 aromatic heterocycles. The van der Waals surface area contributed by atoms with Crippen molar-refractivity contribution in [2.75, 3.05) is 15.1 Å². The van der Waals surface area contributed by atoms with E-state index < -0.39 is 23.6 Å². The first-order valence-electron chi connectivity index (χ1n) is 18.0. The van der Waals surface area contributed by atoms with Crippen LogP contribution in [0, 0.1) is 0 Å². The highest BCUT2D eigenvalue weighted by molar-refractivity contribution is 6.43. The molecule has 5 aliphatic rings. The van der Waals surface area contributed by atoms with Crippen LogP contribution in [-0.2, 0) is 0 Å². The molecule has 0 atom stereocenters. The highest BCUT2D eigenvalue weighted by Gasteiger charge is 2.42. The summed E-state index contributed by atoms with van der Waals surface area (Å²) in [5.74, 6) is -2.10. The Labute approximate surface area is 311 Å². The quantitative estimate of drug-likeness (QED) is 0.171. The van der Waals surface area contributed by atoms with Crippen molar-refractivity contribution in [3.8, 4) is 0 Å². The fraction of sp³-hybridized carbons (Fsp3) is 0.0638. The molecule has 0 fully saturated rings. The lowest BCUT2D eigenvalue weighted by atomic mass is 9.84. The number of rotatable bonds is 7. The molecule has 1 N–H and O–H groups in total. The minimum Gasteiger partial charge on any atom is -0.355 e. The van der Waals surface area contributed by atoms with Gasteiger partial charge >= 0.3 is 0 Å². The van der Waals surface area contributed by atoms with E-state index >= 15 is 0 Å². The predicted octanol–water partition coefficient (Wildman–Crippen LogP) is 10.2. The van der Waals surface area contributed by atoms with Crippen LogP contribution in [0.2, 0.25) is 0 Å². The maximum atomic E-state index is 14.9. The Morgan fingerprint density at radius 1 is 0.463 bits per heavy atom. The van der Waals surface area contributed by atoms with Gasteiger partial charge in [-0.05, 0) is 107 Å². The van der Waals surface area contributed by atoms with Crippen molar-refractivity contribution < 1.29 is 19.2 Å². The van der Waals surface area contributed by atoms with E-state index in [1.165, 1.54) is 9.80 Å². The number of carbonyl (C=O) groups is 4. The molecular weight excluding hydrogens is 671 g/mol. The van der Waals surface area contributed by atoms with E-state index in [1.54, 1.807) is 30.3 Å². The topological polar surface area (TPSA) is 86.8 Å². The third kappa shape index (κ3) is 4.89. The molecular formula is C47H31N3O4. The van der Waals surface area contributed by atoms with Crippen LogP contribution in [0.25, 0.3) is 27.5 Å². The normalized spacial score (nSPS) is 16.9. The van der Waals surface area contributed by atoms with Crippen LogP contribution < -0.4 is 15.1 Å². The fourth-order valence-electron chi connectivity index (χ4n) is 8.16. The summed E-state index contributed by atoms with van der Waals surface area (Å²) in [7, 11) is 0. The molecule has 3 aliphatic carbocycles. The third-order valence-electron chi connectivity index (χ3n) is 10.8. The number of amides is 4. The number of hydrogen-bond donors (Lipinski definition) is 1. The lowest BCUT2D eigenvalue weighted by Crippen LogP contribution is -2.44. The molecule has 7 heteroatoms. The number of benzene rings is 5. The van der Waals surface area contributed by atoms with Crippen molar-refractivity contribution >= 4 is 73.9 Å². The van der Waals surface area contributed by atoms with Gasteiger partial charge in [0.25, 0.3) is 23.6 Å². The van der Waals surface area contributed by atoms with Crippen molar-refractivity contribution in [3.63, 3.8) is 0 Å². The highest BCUT2D eigenvalue weighted by atomic mass is 16.2. The second kappa shape index (κ2) is 12.2. The molecule has 2 aliphatic heterocycles. The van der Waals surface area contributed by atoms with Gasteiger partial charge in [-0.1, -0.05) is 91.1 Å². The van der Waals surface area contributed by atoms with Crippen molar-refractivity contribution in [2.45, 2.75) is 19.3 Å². The van der Waals surface area contributed by atoms with Crippen LogP contribution >= 0.6 is 0 Å². The summed E-state index contributed by atoms with van der Waals surface area (Å²) in [6.45, 7) is 0. The fourth-order valence-corrected chi connectivity index (χ4v) is 8.16. The molecule has 0 saturated heterocycles. The van der Waals surface area contributed by atoms with E-state index in [-0.39, 0.29) is 22.3 Å². The van der Waals surface area contributed by atoms with Gasteiger partial charge in [-0.3, -0.25) is 19.2 Å². The number of nitrogens with zero attached hydrogens (tertiary/aromatic N) is 2. The Balaban J connectivity index is 1.15. The summed E-state index contributed by atoms with van der Waals surface area (Å²) < 4.78 is 0. The van der Waals surface area contributed by atoms with Crippen LogP contribution in [0.4, 0.5) is 22.7 Å². The molecule has 7 nitrogen and oxygen atoms in total. The Morgan fingerprint density at radius 3 is 1.48 bits per heavy atom. The lowest BCUT2D eigenvalue weighted by Gasteiger charge is -2.33. The predicted molar refractivity (Wildman–Crippen MR) is 214 cm³/mol. The molecule has 258 valence electrons. The van der Waals surface area contributed by atoms with E-state index in [9.17, 15) is 19.2 Å². The van der Waals surface area contributed by atoms with Gasteiger partial charge in [0.2, 0.25) is 0 Å². The molecule has 5 aromatic carbocycles. The van der Waals surface area contributed by atoms with Crippen LogP contribution in [0.3, 0.4) is 0 Å². The molecule has 0 unspecified atom stereocenters. The maximum absolute atomic E-state index is 14.9. The summed E-state index contributed by atoms with van der Waals surface area (Å²) in [6.07, 6.45) is 20.7. The summed E-state index contributed by atoms with van der Waals surface area (Å²) in [4.78, 5) is 60.9. The zero-order chi connectivity index (χ0) is 36.5. The zero-order valence-corrected chi connectivity index (χ0v) is 29.0. The molecule has 10 rings (SSSR count). The SMILES string of the molecule is O=C1c2ccc3c4c(c(Nc5cccc(C6=CC=CC6)c5)cc(c24)C(=O)N1c1cccc(C2=CC=CC2)c1)C(=O)N(c1cccc(C2=CC=CC2)c1)C3=O. The third-order valence-corrected chi connectivity index (χ3v) is 10.8. The Morgan fingerprint density at radius 2 is 0.944 bits per heavy atom. The standard InChI is InChI=1S/C47H31N3O4/c51-44-37-22-23-38-42-41(37)39(46(53)49(44)35-20-8-17-32(25-35)29-12-3-4-13-29)27-40(48-34-19-7-16-31(24-34)28-10-1-2-11-28)43(42)47(54)50(45(38)52)36-21-9-18-33(26-36)30-14-5-6-15-30/h1-10,12,14,16-27,48H,11,13,15H2. The van der Waals surface area contributed by atoms with Gasteiger partial charge in [-0.25, -0.2) is 9.80 Å². The second-order valence-electron chi connectivity index (χ2n) is 13.9.